The Morgan fingerprint density at radius 1 is 1.00 bits per heavy atom. The molecule has 19 heavy (non-hydrogen) atoms. The van der Waals surface area contributed by atoms with Crippen LogP contribution in [0.15, 0.2) is 21.4 Å². The molecule has 4 aliphatic rings. The summed E-state index contributed by atoms with van der Waals surface area (Å²) in [5.41, 5.74) is 0.589. The van der Waals surface area contributed by atoms with Crippen LogP contribution in [0.4, 0.5) is 0 Å². The largest absolute Gasteiger partial charge is 0.512 e. The Balaban J connectivity index is 2.00. The van der Waals surface area contributed by atoms with Crippen LogP contribution in [0.1, 0.15) is 12.8 Å². The van der Waals surface area contributed by atoms with E-state index in [4.69, 9.17) is 69.6 Å². The van der Waals surface area contributed by atoms with Crippen molar-refractivity contribution in [2.45, 2.75) is 26.9 Å². The quantitative estimate of drug-likeness (QED) is 0.446. The third-order valence-electron chi connectivity index (χ3n) is 5.11. The molecule has 104 valence electrons. The fraction of sp³-hybridized carbons (Fsp3) is 0.667. The van der Waals surface area contributed by atoms with E-state index in [2.05, 4.69) is 0 Å². The molecule has 4 aliphatic carbocycles. The lowest BCUT2D eigenvalue weighted by Crippen LogP contribution is -2.38. The van der Waals surface area contributed by atoms with Gasteiger partial charge >= 0.3 is 0 Å². The maximum absolute atomic E-state index is 10.1. The minimum absolute atomic E-state index is 0.0810. The molecule has 0 spiro atoms. The molecule has 0 aliphatic heterocycles. The summed E-state index contributed by atoms with van der Waals surface area (Å²) in [5, 5.41) is 10.9. The highest BCUT2D eigenvalue weighted by Gasteiger charge is 2.79. The predicted molar refractivity (Wildman–Crippen MR) is 79.7 cm³/mol. The molecule has 5 atom stereocenters. The molecule has 2 saturated carbocycles. The lowest BCUT2D eigenvalue weighted by molar-refractivity contribution is 0.251. The molecule has 0 aromatic heterocycles. The number of halogens is 6. The van der Waals surface area contributed by atoms with Crippen molar-refractivity contribution in [2.24, 2.45) is 17.8 Å². The standard InChI is InChI=1S/C12H8Cl6O/c13-8-9(14)11(16)2-10(8,15)5-3-1-4(19)6(7(5)11)12(3,17)18/h3,5,7,19H,1-2H2. The molecule has 0 aromatic rings. The number of alkyl halides is 4. The Kier molecular flexibility index (Phi) is 2.52. The van der Waals surface area contributed by atoms with Gasteiger partial charge in [-0.05, 0) is 12.3 Å². The second-order valence-corrected chi connectivity index (χ2v) is 9.32. The van der Waals surface area contributed by atoms with Gasteiger partial charge in [-0.1, -0.05) is 46.4 Å². The highest BCUT2D eigenvalue weighted by Crippen LogP contribution is 2.79. The van der Waals surface area contributed by atoms with Gasteiger partial charge in [0.2, 0.25) is 0 Å². The number of allylic oxidation sites excluding steroid dienone is 4. The average molecular weight is 381 g/mol. The Bertz CT molecular complexity index is 581. The van der Waals surface area contributed by atoms with Crippen molar-refractivity contribution >= 4 is 69.6 Å². The van der Waals surface area contributed by atoms with Gasteiger partial charge in [0.15, 0.2) is 0 Å². The molecule has 0 saturated heterocycles. The molecule has 4 rings (SSSR count). The van der Waals surface area contributed by atoms with Gasteiger partial charge in [0, 0.05) is 23.8 Å². The summed E-state index contributed by atoms with van der Waals surface area (Å²) in [6.07, 6.45) is 0.875. The third-order valence-corrected chi connectivity index (χ3v) is 8.55. The first kappa shape index (κ1) is 13.7. The monoisotopic (exact) mass is 378 g/mol. The van der Waals surface area contributed by atoms with E-state index >= 15 is 0 Å². The van der Waals surface area contributed by atoms with Crippen LogP contribution >= 0.6 is 69.6 Å². The van der Waals surface area contributed by atoms with Crippen LogP contribution < -0.4 is 0 Å². The summed E-state index contributed by atoms with van der Waals surface area (Å²) in [6, 6.07) is 0. The lowest BCUT2D eigenvalue weighted by Gasteiger charge is -2.37. The molecule has 0 heterocycles. The minimum Gasteiger partial charge on any atom is -0.512 e. The smallest absolute Gasteiger partial charge is 0.146 e. The van der Waals surface area contributed by atoms with Crippen LogP contribution in [0, 0.1) is 17.8 Å². The average Bonchev–Trinajstić information content (AvgIpc) is 2.84. The Morgan fingerprint density at radius 3 is 2.21 bits per heavy atom. The van der Waals surface area contributed by atoms with Gasteiger partial charge in [0.1, 0.15) is 4.33 Å². The van der Waals surface area contributed by atoms with E-state index in [1.807, 2.05) is 0 Å². The zero-order valence-electron chi connectivity index (χ0n) is 9.36. The molecule has 2 fully saturated rings. The zero-order chi connectivity index (χ0) is 14.0. The van der Waals surface area contributed by atoms with Crippen LogP contribution in [0.5, 0.6) is 0 Å². The first-order chi connectivity index (χ1) is 8.65. The number of rotatable bonds is 0. The maximum atomic E-state index is 10.1. The van der Waals surface area contributed by atoms with E-state index in [0.29, 0.717) is 28.5 Å². The Morgan fingerprint density at radius 2 is 1.58 bits per heavy atom. The van der Waals surface area contributed by atoms with E-state index in [1.54, 1.807) is 0 Å². The molecule has 1 N–H and O–H groups in total. The Hall–Kier alpha value is 1.02. The van der Waals surface area contributed by atoms with Crippen LogP contribution in [0.25, 0.3) is 0 Å². The lowest BCUT2D eigenvalue weighted by atomic mass is 9.75. The van der Waals surface area contributed by atoms with Gasteiger partial charge in [0.05, 0.1) is 25.6 Å². The number of aliphatic hydroxyl groups excluding tert-OH is 1. The number of hydrogen-bond acceptors (Lipinski definition) is 1. The fourth-order valence-corrected chi connectivity index (χ4v) is 7.38. The summed E-state index contributed by atoms with van der Waals surface area (Å²) >= 11 is 38.8. The summed E-state index contributed by atoms with van der Waals surface area (Å²) < 4.78 is -1.13. The van der Waals surface area contributed by atoms with E-state index in [0.717, 1.165) is 0 Å². The van der Waals surface area contributed by atoms with E-state index in [1.165, 1.54) is 0 Å². The summed E-state index contributed by atoms with van der Waals surface area (Å²) in [5.74, 6) is -0.268. The van der Waals surface area contributed by atoms with E-state index < -0.39 is 14.1 Å². The Labute approximate surface area is 140 Å². The first-order valence-electron chi connectivity index (χ1n) is 5.90. The molecule has 1 nitrogen and oxygen atoms in total. The zero-order valence-corrected chi connectivity index (χ0v) is 13.9. The summed E-state index contributed by atoms with van der Waals surface area (Å²) in [4.78, 5) is -1.70. The van der Waals surface area contributed by atoms with E-state index in [9.17, 15) is 5.11 Å². The second-order valence-electron chi connectivity index (χ2n) is 5.83. The van der Waals surface area contributed by atoms with E-state index in [-0.39, 0.29) is 23.5 Å². The highest BCUT2D eigenvalue weighted by atomic mass is 35.5. The van der Waals surface area contributed by atoms with Crippen LogP contribution in [0.2, 0.25) is 0 Å². The molecule has 5 unspecified atom stereocenters. The molecule has 4 bridgehead atoms. The molecular formula is C12H8Cl6O. The van der Waals surface area contributed by atoms with Crippen LogP contribution in [-0.2, 0) is 0 Å². The van der Waals surface area contributed by atoms with Crippen molar-refractivity contribution in [3.05, 3.63) is 21.4 Å². The molecule has 0 aromatic carbocycles. The molecule has 7 heteroatoms. The predicted octanol–water partition coefficient (Wildman–Crippen LogP) is 5.30. The highest BCUT2D eigenvalue weighted by molar-refractivity contribution is 6.54. The SMILES string of the molecule is OC1=C2C3C(C(C1)C2(Cl)Cl)C1(Cl)CC3(Cl)C(Cl)=C1Cl. The van der Waals surface area contributed by atoms with Crippen molar-refractivity contribution < 1.29 is 5.11 Å². The summed E-state index contributed by atoms with van der Waals surface area (Å²) in [7, 11) is 0. The maximum Gasteiger partial charge on any atom is 0.146 e. The van der Waals surface area contributed by atoms with Crippen molar-refractivity contribution in [2.75, 3.05) is 0 Å². The number of aliphatic hydroxyl groups is 1. The minimum atomic E-state index is -1.13. The molecule has 0 radical (unpaired) electrons. The fourth-order valence-electron chi connectivity index (χ4n) is 4.49. The normalized spacial score (nSPS) is 53.5. The molecular weight excluding hydrogens is 373 g/mol. The van der Waals surface area contributed by atoms with Gasteiger partial charge < -0.3 is 5.11 Å². The van der Waals surface area contributed by atoms with Crippen molar-refractivity contribution in [1.29, 1.82) is 0 Å². The van der Waals surface area contributed by atoms with Crippen molar-refractivity contribution in [3.63, 3.8) is 0 Å². The van der Waals surface area contributed by atoms with Gasteiger partial charge in [-0.2, -0.15) is 0 Å². The summed E-state index contributed by atoms with van der Waals surface area (Å²) in [6.45, 7) is 0. The van der Waals surface area contributed by atoms with Crippen molar-refractivity contribution in [1.82, 2.24) is 0 Å². The van der Waals surface area contributed by atoms with Crippen LogP contribution in [-0.4, -0.2) is 19.2 Å². The van der Waals surface area contributed by atoms with Gasteiger partial charge in [-0.3, -0.25) is 0 Å². The first-order valence-corrected chi connectivity index (χ1v) is 8.17. The van der Waals surface area contributed by atoms with Crippen LogP contribution in [0.3, 0.4) is 0 Å². The van der Waals surface area contributed by atoms with Gasteiger partial charge in [-0.15, -0.1) is 23.2 Å². The number of hydrogen-bond donors (Lipinski definition) is 1. The molecule has 0 amide bonds. The third kappa shape index (κ3) is 1.23. The van der Waals surface area contributed by atoms with Gasteiger partial charge in [-0.25, -0.2) is 0 Å². The van der Waals surface area contributed by atoms with Gasteiger partial charge in [0.25, 0.3) is 0 Å². The number of fused-ring (bicyclic) bond motifs is 9. The van der Waals surface area contributed by atoms with Crippen molar-refractivity contribution in [3.8, 4) is 0 Å². The second kappa shape index (κ2) is 3.50. The topological polar surface area (TPSA) is 20.2 Å².